The number of nitrogens with zero attached hydrogens (tertiary/aromatic N) is 1. The van der Waals surface area contributed by atoms with Crippen LogP contribution in [0.25, 0.3) is 0 Å². The van der Waals surface area contributed by atoms with Gasteiger partial charge in [0.05, 0.1) is 17.0 Å². The van der Waals surface area contributed by atoms with E-state index in [1.807, 2.05) is 24.3 Å². The molecule has 1 N–H and O–H groups in total. The number of carbonyl (C=O) groups is 4. The summed E-state index contributed by atoms with van der Waals surface area (Å²) < 4.78 is 0. The van der Waals surface area contributed by atoms with Crippen LogP contribution in [-0.4, -0.2) is 40.1 Å². The van der Waals surface area contributed by atoms with E-state index in [9.17, 15) is 24.3 Å². The van der Waals surface area contributed by atoms with Crippen LogP contribution in [0.3, 0.4) is 0 Å². The van der Waals surface area contributed by atoms with Gasteiger partial charge in [-0.05, 0) is 48.9 Å². The van der Waals surface area contributed by atoms with Crippen LogP contribution in [0.1, 0.15) is 69.9 Å². The van der Waals surface area contributed by atoms with E-state index in [0.29, 0.717) is 30.4 Å². The van der Waals surface area contributed by atoms with E-state index < -0.39 is 23.7 Å². The average Bonchev–Trinajstić information content (AvgIpc) is 3.08. The molecule has 0 radical (unpaired) electrons. The van der Waals surface area contributed by atoms with Gasteiger partial charge in [-0.15, -0.1) is 0 Å². The van der Waals surface area contributed by atoms with E-state index in [0.717, 1.165) is 30.4 Å². The maximum Gasteiger partial charge on any atom is 0.307 e. The number of benzene rings is 2. The first-order chi connectivity index (χ1) is 16.0. The van der Waals surface area contributed by atoms with Gasteiger partial charge in [0.15, 0.2) is 0 Å². The number of rotatable bonds is 5. The van der Waals surface area contributed by atoms with Crippen molar-refractivity contribution in [2.24, 2.45) is 17.8 Å². The van der Waals surface area contributed by atoms with E-state index in [1.165, 1.54) is 4.90 Å². The van der Waals surface area contributed by atoms with Gasteiger partial charge in [0.2, 0.25) is 0 Å². The molecule has 2 aromatic carbocycles. The fraction of sp³-hybridized carbons (Fsp3) is 0.407. The Bertz CT molecular complexity index is 1100. The number of hydrogen-bond acceptors (Lipinski definition) is 4. The van der Waals surface area contributed by atoms with Crippen molar-refractivity contribution in [1.29, 1.82) is 0 Å². The summed E-state index contributed by atoms with van der Waals surface area (Å²) >= 11 is 0. The van der Waals surface area contributed by atoms with Gasteiger partial charge in [-0.25, -0.2) is 0 Å². The third kappa shape index (κ3) is 3.67. The monoisotopic (exact) mass is 445 g/mol. The third-order valence-electron chi connectivity index (χ3n) is 7.74. The van der Waals surface area contributed by atoms with E-state index in [4.69, 9.17) is 0 Å². The molecule has 0 saturated heterocycles. The number of imide groups is 1. The number of hydrogen-bond donors (Lipinski definition) is 1. The number of fused-ring (bicyclic) bond motifs is 2. The van der Waals surface area contributed by atoms with E-state index >= 15 is 0 Å². The van der Waals surface area contributed by atoms with Gasteiger partial charge in [0, 0.05) is 24.3 Å². The molecular weight excluding hydrogens is 418 g/mol. The molecule has 6 heteroatoms. The lowest BCUT2D eigenvalue weighted by molar-refractivity contribution is -0.149. The average molecular weight is 446 g/mol. The molecule has 1 aliphatic heterocycles. The Balaban J connectivity index is 1.48. The maximum atomic E-state index is 13.8. The number of aryl methyl sites for hydroxylation is 1. The minimum atomic E-state index is -0.902. The van der Waals surface area contributed by atoms with E-state index in [1.54, 1.807) is 24.3 Å². The topological polar surface area (TPSA) is 91.8 Å². The maximum absolute atomic E-state index is 13.8. The van der Waals surface area contributed by atoms with Crippen LogP contribution in [-0.2, 0) is 16.0 Å². The predicted octanol–water partition coefficient (Wildman–Crippen LogP) is 4.09. The van der Waals surface area contributed by atoms with Crippen LogP contribution in [0.2, 0.25) is 0 Å². The van der Waals surface area contributed by atoms with Gasteiger partial charge in [-0.1, -0.05) is 49.2 Å². The standard InChI is InChI=1S/C27H27NO5/c29-24(18-9-3-6-12-22(18)27(32)33)19-14-13-16-7-1-2-8-17(16)23(19)15-28-25(30)20-10-4-5-11-21(20)26(28)31/h1-2,4-5,7-8,10-11,18-19,22-23H,3,6,9,12-15H2,(H,32,33)/t18-,19?,22+,23-/m1/s1. The number of amides is 2. The summed E-state index contributed by atoms with van der Waals surface area (Å²) in [6.07, 6.45) is 4.13. The molecule has 2 aromatic rings. The Kier molecular flexibility index (Phi) is 5.60. The smallest absolute Gasteiger partial charge is 0.307 e. The molecule has 6 nitrogen and oxygen atoms in total. The molecule has 33 heavy (non-hydrogen) atoms. The first-order valence-electron chi connectivity index (χ1n) is 11.8. The molecule has 0 spiro atoms. The quantitative estimate of drug-likeness (QED) is 0.700. The Morgan fingerprint density at radius 3 is 2.09 bits per heavy atom. The SMILES string of the molecule is O=C(O)[C@H]1CCCC[C@H]1C(=O)C1CCc2ccccc2[C@H]1CN1C(=O)c2ccccc2C1=O. The first kappa shape index (κ1) is 21.6. The molecule has 2 amide bonds. The molecule has 3 aliphatic rings. The fourth-order valence-corrected chi connectivity index (χ4v) is 6.06. The van der Waals surface area contributed by atoms with Crippen molar-refractivity contribution >= 4 is 23.6 Å². The molecular formula is C27H27NO5. The highest BCUT2D eigenvalue weighted by Gasteiger charge is 2.45. The molecule has 5 rings (SSSR count). The van der Waals surface area contributed by atoms with Crippen molar-refractivity contribution in [3.05, 3.63) is 70.8 Å². The summed E-state index contributed by atoms with van der Waals surface area (Å²) in [6, 6.07) is 14.7. The van der Waals surface area contributed by atoms with Crippen LogP contribution in [0.15, 0.2) is 48.5 Å². The molecule has 170 valence electrons. The van der Waals surface area contributed by atoms with Crippen molar-refractivity contribution in [2.75, 3.05) is 6.54 Å². The molecule has 4 atom stereocenters. The number of ketones is 1. The van der Waals surface area contributed by atoms with Crippen LogP contribution >= 0.6 is 0 Å². The predicted molar refractivity (Wildman–Crippen MR) is 121 cm³/mol. The summed E-state index contributed by atoms with van der Waals surface area (Å²) in [5.74, 6) is -3.47. The van der Waals surface area contributed by atoms with Crippen molar-refractivity contribution in [3.63, 3.8) is 0 Å². The lowest BCUT2D eigenvalue weighted by Gasteiger charge is -2.38. The van der Waals surface area contributed by atoms with Crippen LogP contribution in [0.4, 0.5) is 0 Å². The lowest BCUT2D eigenvalue weighted by atomic mass is 9.66. The van der Waals surface area contributed by atoms with Crippen LogP contribution in [0.5, 0.6) is 0 Å². The van der Waals surface area contributed by atoms with Gasteiger partial charge >= 0.3 is 5.97 Å². The number of Topliss-reactive ketones (excluding diaryl/α,β-unsaturated/α-hetero) is 1. The Labute approximate surface area is 192 Å². The Hall–Kier alpha value is -3.28. The van der Waals surface area contributed by atoms with Crippen LogP contribution < -0.4 is 0 Å². The highest BCUT2D eigenvalue weighted by atomic mass is 16.4. The zero-order chi connectivity index (χ0) is 23.1. The molecule has 0 bridgehead atoms. The zero-order valence-electron chi connectivity index (χ0n) is 18.4. The highest BCUT2D eigenvalue weighted by Crippen LogP contribution is 2.43. The summed E-state index contributed by atoms with van der Waals surface area (Å²) in [5, 5.41) is 9.73. The lowest BCUT2D eigenvalue weighted by Crippen LogP contribution is -2.43. The summed E-state index contributed by atoms with van der Waals surface area (Å²) in [5.41, 5.74) is 2.91. The van der Waals surface area contributed by atoms with Crippen molar-refractivity contribution in [1.82, 2.24) is 4.90 Å². The van der Waals surface area contributed by atoms with Gasteiger partial charge < -0.3 is 5.11 Å². The molecule has 1 saturated carbocycles. The number of aliphatic carboxylic acids is 1. The first-order valence-corrected chi connectivity index (χ1v) is 11.8. The normalized spacial score (nSPS) is 26.6. The van der Waals surface area contributed by atoms with Crippen molar-refractivity contribution in [2.45, 2.75) is 44.4 Å². The molecule has 2 aliphatic carbocycles. The molecule has 1 fully saturated rings. The molecule has 0 aromatic heterocycles. The van der Waals surface area contributed by atoms with Gasteiger partial charge in [-0.2, -0.15) is 0 Å². The third-order valence-corrected chi connectivity index (χ3v) is 7.74. The second kappa shape index (κ2) is 8.58. The summed E-state index contributed by atoms with van der Waals surface area (Å²) in [6.45, 7) is 0.129. The van der Waals surface area contributed by atoms with Crippen molar-refractivity contribution in [3.8, 4) is 0 Å². The second-order valence-electron chi connectivity index (χ2n) is 9.46. The van der Waals surface area contributed by atoms with Gasteiger partial charge in [0.25, 0.3) is 11.8 Å². The van der Waals surface area contributed by atoms with Gasteiger partial charge in [-0.3, -0.25) is 24.1 Å². The van der Waals surface area contributed by atoms with Crippen LogP contribution in [0, 0.1) is 17.8 Å². The minimum Gasteiger partial charge on any atom is -0.481 e. The van der Waals surface area contributed by atoms with Gasteiger partial charge in [0.1, 0.15) is 5.78 Å². The summed E-state index contributed by atoms with van der Waals surface area (Å²) in [7, 11) is 0. The Morgan fingerprint density at radius 1 is 0.818 bits per heavy atom. The van der Waals surface area contributed by atoms with E-state index in [2.05, 4.69) is 0 Å². The largest absolute Gasteiger partial charge is 0.481 e. The molecule has 1 heterocycles. The summed E-state index contributed by atoms with van der Waals surface area (Å²) in [4.78, 5) is 53.0. The highest BCUT2D eigenvalue weighted by molar-refractivity contribution is 6.21. The van der Waals surface area contributed by atoms with E-state index in [-0.39, 0.29) is 30.1 Å². The minimum absolute atomic E-state index is 0.0155. The van der Waals surface area contributed by atoms with Crippen molar-refractivity contribution < 1.29 is 24.3 Å². The molecule has 1 unspecified atom stereocenters. The Morgan fingerprint density at radius 2 is 1.42 bits per heavy atom. The second-order valence-corrected chi connectivity index (χ2v) is 9.46. The zero-order valence-corrected chi connectivity index (χ0v) is 18.4. The number of carbonyl (C=O) groups excluding carboxylic acids is 3. The fourth-order valence-electron chi connectivity index (χ4n) is 6.06. The number of carboxylic acid groups (broad SMARTS) is 1. The number of carboxylic acids is 1.